The lowest BCUT2D eigenvalue weighted by molar-refractivity contribution is -0.137. The Bertz CT molecular complexity index is 705. The van der Waals surface area contributed by atoms with Gasteiger partial charge in [0, 0.05) is 18.5 Å². The summed E-state index contributed by atoms with van der Waals surface area (Å²) in [5.41, 5.74) is 0.546. The van der Waals surface area contributed by atoms with E-state index in [1.807, 2.05) is 13.8 Å². The summed E-state index contributed by atoms with van der Waals surface area (Å²) in [7, 11) is 0. The van der Waals surface area contributed by atoms with Gasteiger partial charge in [-0.15, -0.1) is 0 Å². The molecule has 0 saturated carbocycles. The van der Waals surface area contributed by atoms with Crippen molar-refractivity contribution in [2.45, 2.75) is 44.4 Å². The lowest BCUT2D eigenvalue weighted by atomic mass is 9.85. The molecule has 0 aromatic heterocycles. The fourth-order valence-electron chi connectivity index (χ4n) is 3.39. The first-order valence-corrected chi connectivity index (χ1v) is 10.7. The van der Waals surface area contributed by atoms with Crippen molar-refractivity contribution < 1.29 is 14.1 Å². The highest BCUT2D eigenvalue weighted by atomic mass is 35.9. The number of nitrogens with zero attached hydrogens (tertiary/aromatic N) is 2. The number of nitriles is 1. The van der Waals surface area contributed by atoms with Crippen molar-refractivity contribution >= 4 is 35.2 Å². The summed E-state index contributed by atoms with van der Waals surface area (Å²) in [5, 5.41) is 9.22. The van der Waals surface area contributed by atoms with Crippen LogP contribution < -0.4 is 4.74 Å². The van der Waals surface area contributed by atoms with Gasteiger partial charge in [-0.3, -0.25) is 4.79 Å². The molecular formula is C16H17Cl2N2O3P. The molecule has 2 aliphatic rings. The minimum absolute atomic E-state index is 0.0630. The first-order chi connectivity index (χ1) is 11.3. The average molecular weight is 387 g/mol. The zero-order valence-electron chi connectivity index (χ0n) is 13.3. The molecule has 0 bridgehead atoms. The van der Waals surface area contributed by atoms with Gasteiger partial charge in [-0.2, -0.15) is 5.26 Å². The molecule has 0 N–H and O–H groups in total. The van der Waals surface area contributed by atoms with E-state index in [-0.39, 0.29) is 11.9 Å². The van der Waals surface area contributed by atoms with Crippen molar-refractivity contribution in [1.29, 1.82) is 5.26 Å². The van der Waals surface area contributed by atoms with E-state index in [1.165, 1.54) is 0 Å². The third kappa shape index (κ3) is 3.21. The third-order valence-electron chi connectivity index (χ3n) is 4.44. The van der Waals surface area contributed by atoms with Crippen LogP contribution in [0.4, 0.5) is 0 Å². The number of benzene rings is 1. The second-order valence-corrected chi connectivity index (χ2v) is 9.41. The van der Waals surface area contributed by atoms with Crippen LogP contribution in [0.2, 0.25) is 0 Å². The van der Waals surface area contributed by atoms with Crippen LogP contribution >= 0.6 is 29.3 Å². The second kappa shape index (κ2) is 6.69. The van der Waals surface area contributed by atoms with Gasteiger partial charge in [-0.1, -0.05) is 0 Å². The fraction of sp³-hybridized carbons (Fsp3) is 0.500. The number of hydrogen-bond donors (Lipinski definition) is 0. The van der Waals surface area contributed by atoms with Crippen LogP contribution in [0.25, 0.3) is 0 Å². The maximum Gasteiger partial charge on any atom is 0.226 e. The molecule has 0 aliphatic carbocycles. The Morgan fingerprint density at radius 1 is 1.46 bits per heavy atom. The maximum absolute atomic E-state index is 12.4. The summed E-state index contributed by atoms with van der Waals surface area (Å²) in [5.74, 6) is 0.713. The molecule has 3 rings (SSSR count). The Kier molecular flexibility index (Phi) is 4.95. The number of likely N-dealkylation sites (tertiary alicyclic amines) is 1. The molecule has 1 saturated heterocycles. The zero-order chi connectivity index (χ0) is 17.5. The molecule has 24 heavy (non-hydrogen) atoms. The first kappa shape index (κ1) is 17.8. The van der Waals surface area contributed by atoms with Crippen molar-refractivity contribution in [3.05, 3.63) is 29.3 Å². The zero-order valence-corrected chi connectivity index (χ0v) is 15.7. The largest absolute Gasteiger partial charge is 0.485 e. The SMILES string of the molecule is CC1(C)Oc2ccc(C#N)cc2[C@@H](N2CCCC2=O)[C@@H]1OP(Cl)Cl. The molecule has 8 heteroatoms. The number of fused-ring (bicyclic) bond motifs is 1. The van der Waals surface area contributed by atoms with Crippen LogP contribution in [-0.2, 0) is 9.32 Å². The van der Waals surface area contributed by atoms with Crippen molar-refractivity contribution in [1.82, 2.24) is 4.90 Å². The molecule has 5 nitrogen and oxygen atoms in total. The van der Waals surface area contributed by atoms with Gasteiger partial charge in [-0.25, -0.2) is 0 Å². The van der Waals surface area contributed by atoms with Crippen molar-refractivity contribution in [2.75, 3.05) is 6.54 Å². The van der Waals surface area contributed by atoms with E-state index in [0.717, 1.165) is 12.0 Å². The number of amides is 1. The summed E-state index contributed by atoms with van der Waals surface area (Å²) in [6.45, 7) is 2.74. The molecule has 2 atom stereocenters. The van der Waals surface area contributed by atoms with Crippen LogP contribution in [0, 0.1) is 11.3 Å². The summed E-state index contributed by atoms with van der Waals surface area (Å²) < 4.78 is 11.9. The van der Waals surface area contributed by atoms with Crippen LogP contribution in [0.15, 0.2) is 18.2 Å². The molecule has 2 aliphatic heterocycles. The summed E-state index contributed by atoms with van der Waals surface area (Å²) in [4.78, 5) is 14.2. The van der Waals surface area contributed by atoms with E-state index < -0.39 is 18.6 Å². The Labute approximate surface area is 151 Å². The Morgan fingerprint density at radius 3 is 2.79 bits per heavy atom. The van der Waals surface area contributed by atoms with Gasteiger partial charge in [0.05, 0.1) is 17.7 Å². The molecule has 2 heterocycles. The standard InChI is InChI=1S/C16H17Cl2N2O3P/c1-16(2)15(23-24(17)18)14(20-7-3-4-13(20)21)11-8-10(9-19)5-6-12(11)22-16/h5-6,8,14-15H,3-4,7H2,1-2H3/t14-,15+/m1/s1. The van der Waals surface area contributed by atoms with E-state index >= 15 is 0 Å². The quantitative estimate of drug-likeness (QED) is 0.718. The maximum atomic E-state index is 12.4. The fourth-order valence-corrected chi connectivity index (χ4v) is 4.45. The highest BCUT2D eigenvalue weighted by Gasteiger charge is 2.50. The predicted octanol–water partition coefficient (Wildman–Crippen LogP) is 4.48. The molecule has 1 aromatic carbocycles. The molecule has 1 amide bonds. The van der Waals surface area contributed by atoms with E-state index in [1.54, 1.807) is 23.1 Å². The molecule has 128 valence electrons. The van der Waals surface area contributed by atoms with E-state index in [0.29, 0.717) is 24.3 Å². The Balaban J connectivity index is 2.13. The molecule has 0 radical (unpaired) electrons. The summed E-state index contributed by atoms with van der Waals surface area (Å²) in [6, 6.07) is 6.97. The average Bonchev–Trinajstić information content (AvgIpc) is 2.93. The smallest absolute Gasteiger partial charge is 0.226 e. The first-order valence-electron chi connectivity index (χ1n) is 7.64. The van der Waals surface area contributed by atoms with Crippen LogP contribution in [0.5, 0.6) is 5.75 Å². The topological polar surface area (TPSA) is 62.6 Å². The minimum Gasteiger partial charge on any atom is -0.485 e. The number of carbonyl (C=O) groups excluding carboxylic acids is 1. The predicted molar refractivity (Wildman–Crippen MR) is 93.1 cm³/mol. The summed E-state index contributed by atoms with van der Waals surface area (Å²) >= 11 is 11.9. The Hall–Kier alpha value is -1.05. The number of ether oxygens (including phenoxy) is 1. The highest BCUT2D eigenvalue weighted by Crippen LogP contribution is 2.55. The van der Waals surface area contributed by atoms with Gasteiger partial charge in [0.2, 0.25) is 12.8 Å². The highest BCUT2D eigenvalue weighted by molar-refractivity contribution is 8.00. The molecule has 1 fully saturated rings. The van der Waals surface area contributed by atoms with E-state index in [9.17, 15) is 10.1 Å². The van der Waals surface area contributed by atoms with Gasteiger partial charge < -0.3 is 14.2 Å². The minimum atomic E-state index is -1.68. The normalized spacial score (nSPS) is 25.3. The number of halogens is 2. The van der Waals surface area contributed by atoms with E-state index in [4.69, 9.17) is 31.7 Å². The lowest BCUT2D eigenvalue weighted by Crippen LogP contribution is -2.54. The van der Waals surface area contributed by atoms with Crippen LogP contribution in [-0.4, -0.2) is 29.1 Å². The van der Waals surface area contributed by atoms with Gasteiger partial charge in [0.25, 0.3) is 0 Å². The molecular weight excluding hydrogens is 370 g/mol. The van der Waals surface area contributed by atoms with E-state index in [2.05, 4.69) is 6.07 Å². The van der Waals surface area contributed by atoms with Crippen LogP contribution in [0.1, 0.15) is 43.9 Å². The summed E-state index contributed by atoms with van der Waals surface area (Å²) in [6.07, 6.45) is 0.781. The van der Waals surface area contributed by atoms with Gasteiger partial charge in [0.15, 0.2) is 0 Å². The van der Waals surface area contributed by atoms with Crippen molar-refractivity contribution in [2.24, 2.45) is 0 Å². The monoisotopic (exact) mass is 386 g/mol. The molecule has 0 unspecified atom stereocenters. The molecule has 0 spiro atoms. The Morgan fingerprint density at radius 2 is 2.21 bits per heavy atom. The van der Waals surface area contributed by atoms with Gasteiger partial charge in [-0.05, 0) is 60.9 Å². The van der Waals surface area contributed by atoms with Crippen molar-refractivity contribution in [3.8, 4) is 11.8 Å². The number of hydrogen-bond acceptors (Lipinski definition) is 4. The van der Waals surface area contributed by atoms with Crippen LogP contribution in [0.3, 0.4) is 0 Å². The molecule has 1 aromatic rings. The number of rotatable bonds is 3. The van der Waals surface area contributed by atoms with Crippen molar-refractivity contribution in [3.63, 3.8) is 0 Å². The second-order valence-electron chi connectivity index (χ2n) is 6.43. The van der Waals surface area contributed by atoms with Gasteiger partial charge >= 0.3 is 0 Å². The third-order valence-corrected chi connectivity index (χ3v) is 5.31. The van der Waals surface area contributed by atoms with Gasteiger partial charge in [0.1, 0.15) is 17.5 Å². The number of carbonyl (C=O) groups is 1. The lowest BCUT2D eigenvalue weighted by Gasteiger charge is -2.47.